The van der Waals surface area contributed by atoms with Crippen LogP contribution in [0.2, 0.25) is 0 Å². The number of likely N-dealkylation sites (tertiary alicyclic amines) is 1. The van der Waals surface area contributed by atoms with E-state index in [0.717, 1.165) is 0 Å². The monoisotopic (exact) mass is 410 g/mol. The number of anilines is 2. The molecule has 2 aliphatic rings. The smallest absolute Gasteiger partial charge is 0.325 e. The Labute approximate surface area is 174 Å². The van der Waals surface area contributed by atoms with Crippen molar-refractivity contribution in [2.75, 3.05) is 36.4 Å². The Bertz CT molecular complexity index is 944. The van der Waals surface area contributed by atoms with Crippen LogP contribution < -0.4 is 10.2 Å². The van der Waals surface area contributed by atoms with E-state index in [9.17, 15) is 18.8 Å². The number of hydrogen-bond donors (Lipinski definition) is 1. The molecular formula is C22H23FN4O3. The highest BCUT2D eigenvalue weighted by Gasteiger charge is 2.41. The Hall–Kier alpha value is -3.26. The number of carbonyl (C=O) groups excluding carboxylic acids is 3. The van der Waals surface area contributed by atoms with Gasteiger partial charge in [-0.3, -0.25) is 14.5 Å². The van der Waals surface area contributed by atoms with E-state index >= 15 is 0 Å². The van der Waals surface area contributed by atoms with Gasteiger partial charge >= 0.3 is 6.03 Å². The topological polar surface area (TPSA) is 73.0 Å². The number of rotatable bonds is 5. The Balaban J connectivity index is 1.30. The number of para-hydroxylation sites is 1. The molecule has 8 heteroatoms. The molecule has 0 spiro atoms. The summed E-state index contributed by atoms with van der Waals surface area (Å²) < 4.78 is 13.2. The van der Waals surface area contributed by atoms with Gasteiger partial charge in [-0.1, -0.05) is 24.3 Å². The fraction of sp³-hybridized carbons (Fsp3) is 0.318. The zero-order valence-corrected chi connectivity index (χ0v) is 16.5. The molecule has 2 heterocycles. The van der Waals surface area contributed by atoms with Gasteiger partial charge in [0.1, 0.15) is 12.4 Å². The van der Waals surface area contributed by atoms with Gasteiger partial charge < -0.3 is 10.2 Å². The summed E-state index contributed by atoms with van der Waals surface area (Å²) in [4.78, 5) is 42.4. The van der Waals surface area contributed by atoms with Crippen LogP contribution in [-0.2, 0) is 9.59 Å². The highest BCUT2D eigenvalue weighted by Crippen LogP contribution is 2.26. The molecule has 7 nitrogen and oxygen atoms in total. The van der Waals surface area contributed by atoms with Gasteiger partial charge in [-0.05, 0) is 43.2 Å². The predicted molar refractivity (Wildman–Crippen MR) is 111 cm³/mol. The van der Waals surface area contributed by atoms with E-state index in [0.29, 0.717) is 37.3 Å². The van der Waals surface area contributed by atoms with E-state index < -0.39 is 5.82 Å². The molecule has 0 unspecified atom stereocenters. The standard InChI is InChI=1S/C22H23FN4O3/c23-16-5-4-6-17(13-16)24-20(28)14-25-11-9-18(10-12-25)26-15-21(29)27(22(26)30)19-7-2-1-3-8-19/h1-8,13,18H,9-12,14-15H2,(H,24,28). The van der Waals surface area contributed by atoms with Crippen LogP contribution in [0.3, 0.4) is 0 Å². The summed E-state index contributed by atoms with van der Waals surface area (Å²) in [6.45, 7) is 1.57. The molecule has 4 amide bonds. The van der Waals surface area contributed by atoms with Crippen LogP contribution in [0.1, 0.15) is 12.8 Å². The summed E-state index contributed by atoms with van der Waals surface area (Å²) in [5.41, 5.74) is 1.01. The highest BCUT2D eigenvalue weighted by molar-refractivity contribution is 6.19. The van der Waals surface area contributed by atoms with Gasteiger partial charge in [0, 0.05) is 24.8 Å². The van der Waals surface area contributed by atoms with Crippen molar-refractivity contribution in [2.24, 2.45) is 0 Å². The maximum Gasteiger partial charge on any atom is 0.332 e. The summed E-state index contributed by atoms with van der Waals surface area (Å²) in [6, 6.07) is 14.4. The molecule has 0 aromatic heterocycles. The van der Waals surface area contributed by atoms with Crippen molar-refractivity contribution in [1.82, 2.24) is 9.80 Å². The summed E-state index contributed by atoms with van der Waals surface area (Å²) >= 11 is 0. The van der Waals surface area contributed by atoms with E-state index in [-0.39, 0.29) is 37.0 Å². The fourth-order valence-corrected chi connectivity index (χ4v) is 3.99. The Morgan fingerprint density at radius 1 is 1.03 bits per heavy atom. The molecule has 2 aliphatic heterocycles. The third kappa shape index (κ3) is 4.33. The Morgan fingerprint density at radius 2 is 1.77 bits per heavy atom. The minimum Gasteiger partial charge on any atom is -0.325 e. The van der Waals surface area contributed by atoms with Gasteiger partial charge in [0.15, 0.2) is 0 Å². The number of benzene rings is 2. The molecule has 156 valence electrons. The zero-order valence-electron chi connectivity index (χ0n) is 16.5. The number of piperidine rings is 1. The maximum atomic E-state index is 13.2. The Kier molecular flexibility index (Phi) is 5.76. The average Bonchev–Trinajstić information content (AvgIpc) is 3.03. The first kappa shape index (κ1) is 20.0. The average molecular weight is 410 g/mol. The molecule has 4 rings (SSSR count). The minimum atomic E-state index is -0.400. The Morgan fingerprint density at radius 3 is 2.47 bits per heavy atom. The highest BCUT2D eigenvalue weighted by atomic mass is 19.1. The molecule has 2 fully saturated rings. The van der Waals surface area contributed by atoms with Crippen molar-refractivity contribution in [3.8, 4) is 0 Å². The first-order valence-electron chi connectivity index (χ1n) is 9.97. The normalized spacial score (nSPS) is 18.2. The minimum absolute atomic E-state index is 0.0299. The number of amides is 4. The van der Waals surface area contributed by atoms with Crippen LogP contribution in [-0.4, -0.2) is 59.9 Å². The molecular weight excluding hydrogens is 387 g/mol. The third-order valence-electron chi connectivity index (χ3n) is 5.48. The lowest BCUT2D eigenvalue weighted by Gasteiger charge is -2.35. The van der Waals surface area contributed by atoms with Crippen LogP contribution >= 0.6 is 0 Å². The van der Waals surface area contributed by atoms with Gasteiger partial charge in [-0.25, -0.2) is 14.1 Å². The van der Waals surface area contributed by atoms with Gasteiger partial charge in [0.05, 0.1) is 12.2 Å². The van der Waals surface area contributed by atoms with E-state index in [2.05, 4.69) is 5.32 Å². The molecule has 0 saturated carbocycles. The number of carbonyl (C=O) groups is 3. The second-order valence-corrected chi connectivity index (χ2v) is 7.54. The van der Waals surface area contributed by atoms with E-state index in [1.807, 2.05) is 11.0 Å². The first-order valence-corrected chi connectivity index (χ1v) is 9.97. The quantitative estimate of drug-likeness (QED) is 0.770. The number of nitrogens with one attached hydrogen (secondary N) is 1. The maximum absolute atomic E-state index is 13.2. The lowest BCUT2D eigenvalue weighted by Crippen LogP contribution is -2.48. The summed E-state index contributed by atoms with van der Waals surface area (Å²) in [5, 5.41) is 2.70. The lowest BCUT2D eigenvalue weighted by atomic mass is 10.0. The second kappa shape index (κ2) is 8.62. The molecule has 0 atom stereocenters. The van der Waals surface area contributed by atoms with Crippen LogP contribution in [0.15, 0.2) is 54.6 Å². The molecule has 0 radical (unpaired) electrons. The molecule has 2 saturated heterocycles. The molecule has 30 heavy (non-hydrogen) atoms. The predicted octanol–water partition coefficient (Wildman–Crippen LogP) is 2.70. The van der Waals surface area contributed by atoms with Crippen molar-refractivity contribution in [3.05, 3.63) is 60.4 Å². The number of imide groups is 1. The zero-order chi connectivity index (χ0) is 21.1. The summed E-state index contributed by atoms with van der Waals surface area (Å²) in [5.74, 6) is -0.826. The number of urea groups is 1. The van der Waals surface area contributed by atoms with Crippen LogP contribution in [0.25, 0.3) is 0 Å². The fourth-order valence-electron chi connectivity index (χ4n) is 3.99. The van der Waals surface area contributed by atoms with Crippen LogP contribution in [0, 0.1) is 5.82 Å². The van der Waals surface area contributed by atoms with E-state index in [1.54, 1.807) is 41.3 Å². The molecule has 0 aliphatic carbocycles. The van der Waals surface area contributed by atoms with Crippen molar-refractivity contribution in [2.45, 2.75) is 18.9 Å². The third-order valence-corrected chi connectivity index (χ3v) is 5.48. The number of hydrogen-bond acceptors (Lipinski definition) is 4. The first-order chi connectivity index (χ1) is 14.5. The van der Waals surface area contributed by atoms with Gasteiger partial charge in [0.2, 0.25) is 5.91 Å². The molecule has 1 N–H and O–H groups in total. The van der Waals surface area contributed by atoms with Crippen molar-refractivity contribution < 1.29 is 18.8 Å². The van der Waals surface area contributed by atoms with Crippen LogP contribution in [0.5, 0.6) is 0 Å². The van der Waals surface area contributed by atoms with Crippen molar-refractivity contribution in [3.63, 3.8) is 0 Å². The summed E-state index contributed by atoms with van der Waals surface area (Å²) in [6.07, 6.45) is 1.38. The van der Waals surface area contributed by atoms with Crippen molar-refractivity contribution in [1.29, 1.82) is 0 Å². The second-order valence-electron chi connectivity index (χ2n) is 7.54. The molecule has 0 bridgehead atoms. The van der Waals surface area contributed by atoms with Crippen molar-refractivity contribution >= 4 is 29.2 Å². The van der Waals surface area contributed by atoms with Gasteiger partial charge in [-0.2, -0.15) is 0 Å². The van der Waals surface area contributed by atoms with E-state index in [1.165, 1.54) is 17.0 Å². The number of halogens is 1. The number of nitrogens with zero attached hydrogens (tertiary/aromatic N) is 3. The lowest BCUT2D eigenvalue weighted by molar-refractivity contribution is -0.117. The largest absolute Gasteiger partial charge is 0.332 e. The summed E-state index contributed by atoms with van der Waals surface area (Å²) in [7, 11) is 0. The molecule has 2 aromatic rings. The SMILES string of the molecule is O=C(CN1CCC(N2CC(=O)N(c3ccccc3)C2=O)CC1)Nc1cccc(F)c1. The van der Waals surface area contributed by atoms with Gasteiger partial charge in [0.25, 0.3) is 5.91 Å². The molecule has 2 aromatic carbocycles. The van der Waals surface area contributed by atoms with Gasteiger partial charge in [-0.15, -0.1) is 0 Å². The van der Waals surface area contributed by atoms with E-state index in [4.69, 9.17) is 0 Å². The van der Waals surface area contributed by atoms with Crippen LogP contribution in [0.4, 0.5) is 20.6 Å².